The Morgan fingerprint density at radius 1 is 1.29 bits per heavy atom. The number of hydrogen-bond donors (Lipinski definition) is 1. The molecule has 0 saturated carbocycles. The van der Waals surface area contributed by atoms with Crippen LogP contribution in [0.4, 0.5) is 0 Å². The molecule has 78 valence electrons. The Hall–Kier alpha value is -0.803. The summed E-state index contributed by atoms with van der Waals surface area (Å²) in [6.07, 6.45) is 0. The lowest BCUT2D eigenvalue weighted by Gasteiger charge is -2.21. The molecule has 0 atom stereocenters. The third kappa shape index (κ3) is 3.16. The van der Waals surface area contributed by atoms with E-state index in [4.69, 9.17) is 10.2 Å². The largest absolute Gasteiger partial charge is 0.544 e. The smallest absolute Gasteiger partial charge is 0.242 e. The van der Waals surface area contributed by atoms with Gasteiger partial charge in [-0.05, 0) is 43.8 Å². The highest BCUT2D eigenvalue weighted by Gasteiger charge is 2.17. The maximum atomic E-state index is 5.93. The van der Waals surface area contributed by atoms with Gasteiger partial charge >= 0.3 is 0 Å². The van der Waals surface area contributed by atoms with Crippen LogP contribution >= 0.6 is 0 Å². The first-order valence-corrected chi connectivity index (χ1v) is 8.32. The summed E-state index contributed by atoms with van der Waals surface area (Å²) in [5.74, 6) is 1.00. The van der Waals surface area contributed by atoms with Gasteiger partial charge in [-0.15, -0.1) is 0 Å². The molecule has 2 N–H and O–H groups in total. The fourth-order valence-electron chi connectivity index (χ4n) is 1.28. The Bertz CT molecular complexity index is 318. The van der Waals surface area contributed by atoms with E-state index in [-0.39, 0.29) is 0 Å². The van der Waals surface area contributed by atoms with E-state index in [1.807, 2.05) is 12.1 Å². The van der Waals surface area contributed by atoms with Crippen molar-refractivity contribution in [2.75, 3.05) is 0 Å². The lowest BCUT2D eigenvalue weighted by atomic mass is 10.1. The van der Waals surface area contributed by atoms with Gasteiger partial charge in [0.15, 0.2) is 0 Å². The monoisotopic (exact) mass is 209 g/mol. The zero-order chi connectivity index (χ0) is 10.8. The van der Waals surface area contributed by atoms with Crippen molar-refractivity contribution in [3.8, 4) is 5.75 Å². The SMILES string of the molecule is Cc1cc(CN)ccc1O[Si](C)(C)C. The lowest BCUT2D eigenvalue weighted by Crippen LogP contribution is -2.29. The molecule has 1 rings (SSSR count). The van der Waals surface area contributed by atoms with Crippen LogP contribution in [0.5, 0.6) is 5.75 Å². The fourth-order valence-corrected chi connectivity index (χ4v) is 2.17. The number of aryl methyl sites for hydroxylation is 1. The Morgan fingerprint density at radius 3 is 2.36 bits per heavy atom. The standard InChI is InChI=1S/C11H19NOSi/c1-9-7-10(8-12)5-6-11(9)13-14(2,3)4/h5-7H,8,12H2,1-4H3. The van der Waals surface area contributed by atoms with E-state index in [9.17, 15) is 0 Å². The normalized spacial score (nSPS) is 11.5. The van der Waals surface area contributed by atoms with Crippen molar-refractivity contribution >= 4 is 8.32 Å². The predicted molar refractivity (Wildman–Crippen MR) is 63.0 cm³/mol. The van der Waals surface area contributed by atoms with Crippen LogP contribution in [0.1, 0.15) is 11.1 Å². The minimum atomic E-state index is -1.49. The van der Waals surface area contributed by atoms with E-state index in [0.717, 1.165) is 11.3 Å². The van der Waals surface area contributed by atoms with Gasteiger partial charge in [-0.25, -0.2) is 0 Å². The molecule has 2 nitrogen and oxygen atoms in total. The number of benzene rings is 1. The molecule has 1 aromatic rings. The lowest BCUT2D eigenvalue weighted by molar-refractivity contribution is 0.552. The van der Waals surface area contributed by atoms with E-state index in [0.29, 0.717) is 6.54 Å². The van der Waals surface area contributed by atoms with E-state index in [2.05, 4.69) is 32.6 Å². The van der Waals surface area contributed by atoms with Gasteiger partial charge < -0.3 is 10.2 Å². The van der Waals surface area contributed by atoms with Gasteiger partial charge in [0.05, 0.1) is 0 Å². The second-order valence-electron chi connectivity index (χ2n) is 4.52. The van der Waals surface area contributed by atoms with Crippen LogP contribution in [-0.4, -0.2) is 8.32 Å². The Labute approximate surface area is 87.2 Å². The van der Waals surface area contributed by atoms with Crippen molar-refractivity contribution in [3.63, 3.8) is 0 Å². The Balaban J connectivity index is 2.89. The molecule has 0 heterocycles. The van der Waals surface area contributed by atoms with Gasteiger partial charge in [-0.2, -0.15) is 0 Å². The van der Waals surface area contributed by atoms with Gasteiger partial charge in [0, 0.05) is 6.54 Å². The highest BCUT2D eigenvalue weighted by molar-refractivity contribution is 6.70. The van der Waals surface area contributed by atoms with Gasteiger partial charge in [0.2, 0.25) is 8.32 Å². The quantitative estimate of drug-likeness (QED) is 0.777. The molecule has 0 unspecified atom stereocenters. The molecule has 0 aliphatic heterocycles. The van der Waals surface area contributed by atoms with E-state index >= 15 is 0 Å². The van der Waals surface area contributed by atoms with Crippen molar-refractivity contribution < 1.29 is 4.43 Å². The molecule has 0 fully saturated rings. The highest BCUT2D eigenvalue weighted by Crippen LogP contribution is 2.22. The Kier molecular flexibility index (Phi) is 3.34. The van der Waals surface area contributed by atoms with Crippen molar-refractivity contribution in [2.24, 2.45) is 5.73 Å². The van der Waals surface area contributed by atoms with Crippen LogP contribution in [-0.2, 0) is 6.54 Å². The second kappa shape index (κ2) is 4.15. The molecule has 0 aromatic heterocycles. The molecule has 14 heavy (non-hydrogen) atoms. The minimum absolute atomic E-state index is 0.591. The summed E-state index contributed by atoms with van der Waals surface area (Å²) in [7, 11) is -1.49. The first-order valence-electron chi connectivity index (χ1n) is 4.91. The summed E-state index contributed by atoms with van der Waals surface area (Å²) in [6, 6.07) is 6.15. The average molecular weight is 209 g/mol. The Morgan fingerprint density at radius 2 is 1.93 bits per heavy atom. The molecule has 1 aromatic carbocycles. The maximum Gasteiger partial charge on any atom is 0.242 e. The van der Waals surface area contributed by atoms with E-state index < -0.39 is 8.32 Å². The van der Waals surface area contributed by atoms with Crippen LogP contribution in [0.2, 0.25) is 19.6 Å². The van der Waals surface area contributed by atoms with Crippen molar-refractivity contribution in [1.82, 2.24) is 0 Å². The molecule has 0 amide bonds. The zero-order valence-corrected chi connectivity index (χ0v) is 10.4. The van der Waals surface area contributed by atoms with Gasteiger partial charge in [-0.3, -0.25) is 0 Å². The van der Waals surface area contributed by atoms with Crippen LogP contribution in [0.3, 0.4) is 0 Å². The van der Waals surface area contributed by atoms with Crippen LogP contribution in [0.15, 0.2) is 18.2 Å². The van der Waals surface area contributed by atoms with Crippen LogP contribution < -0.4 is 10.2 Å². The molecule has 0 aliphatic rings. The summed E-state index contributed by atoms with van der Waals surface area (Å²) in [6.45, 7) is 9.21. The first-order chi connectivity index (χ1) is 6.42. The molecular weight excluding hydrogens is 190 g/mol. The van der Waals surface area contributed by atoms with Gasteiger partial charge in [-0.1, -0.05) is 12.1 Å². The number of nitrogens with two attached hydrogens (primary N) is 1. The molecule has 0 aliphatic carbocycles. The van der Waals surface area contributed by atoms with Crippen molar-refractivity contribution in [2.45, 2.75) is 33.1 Å². The molecule has 0 bridgehead atoms. The minimum Gasteiger partial charge on any atom is -0.544 e. The summed E-state index contributed by atoms with van der Waals surface area (Å²) in [5.41, 5.74) is 7.90. The highest BCUT2D eigenvalue weighted by atomic mass is 28.4. The number of hydrogen-bond acceptors (Lipinski definition) is 2. The molecule has 0 spiro atoms. The van der Waals surface area contributed by atoms with Gasteiger partial charge in [0.1, 0.15) is 5.75 Å². The number of rotatable bonds is 3. The van der Waals surface area contributed by atoms with E-state index in [1.54, 1.807) is 0 Å². The third-order valence-electron chi connectivity index (χ3n) is 1.89. The van der Waals surface area contributed by atoms with Crippen molar-refractivity contribution in [1.29, 1.82) is 0 Å². The zero-order valence-electron chi connectivity index (χ0n) is 9.42. The average Bonchev–Trinajstić information content (AvgIpc) is 2.06. The van der Waals surface area contributed by atoms with Crippen molar-refractivity contribution in [3.05, 3.63) is 29.3 Å². The maximum absolute atomic E-state index is 5.93. The third-order valence-corrected chi connectivity index (χ3v) is 2.72. The first kappa shape index (κ1) is 11.3. The molecular formula is C11H19NOSi. The summed E-state index contributed by atoms with van der Waals surface area (Å²) in [5, 5.41) is 0. The van der Waals surface area contributed by atoms with Crippen LogP contribution in [0.25, 0.3) is 0 Å². The molecule has 0 radical (unpaired) electrons. The molecule has 0 saturated heterocycles. The topological polar surface area (TPSA) is 35.2 Å². The summed E-state index contributed by atoms with van der Waals surface area (Å²) < 4.78 is 5.93. The second-order valence-corrected chi connectivity index (χ2v) is 8.95. The summed E-state index contributed by atoms with van der Waals surface area (Å²) >= 11 is 0. The molecule has 3 heteroatoms. The predicted octanol–water partition coefficient (Wildman–Crippen LogP) is 2.67. The van der Waals surface area contributed by atoms with Gasteiger partial charge in [0.25, 0.3) is 0 Å². The van der Waals surface area contributed by atoms with E-state index in [1.165, 1.54) is 5.56 Å². The van der Waals surface area contributed by atoms with Crippen LogP contribution in [0, 0.1) is 6.92 Å². The summed E-state index contributed by atoms with van der Waals surface area (Å²) in [4.78, 5) is 0. The fraction of sp³-hybridized carbons (Fsp3) is 0.455.